The summed E-state index contributed by atoms with van der Waals surface area (Å²) in [6, 6.07) is 14.1. The second kappa shape index (κ2) is 6.59. The summed E-state index contributed by atoms with van der Waals surface area (Å²) >= 11 is 0. The number of carbonyl (C=O) groups is 2. The fraction of sp³-hybridized carbons (Fsp3) is 0.125. The zero-order valence-electron chi connectivity index (χ0n) is 13.3. The molecule has 2 aromatic heterocycles. The normalized spacial score (nSPS) is 10.9. The van der Waals surface area contributed by atoms with Gasteiger partial charge in [-0.15, -0.1) is 10.2 Å². The molecule has 0 amide bonds. The van der Waals surface area contributed by atoms with Gasteiger partial charge in [0.25, 0.3) is 0 Å². The molecular formula is C16H12N6O4. The fourth-order valence-corrected chi connectivity index (χ4v) is 2.32. The van der Waals surface area contributed by atoms with Crippen molar-refractivity contribution in [2.24, 2.45) is 0 Å². The second-order valence-electron chi connectivity index (χ2n) is 5.33. The molecule has 4 aromatic rings. The average molecular weight is 352 g/mol. The van der Waals surface area contributed by atoms with E-state index in [1.54, 1.807) is 48.5 Å². The molecule has 4 rings (SSSR count). The van der Waals surface area contributed by atoms with Crippen LogP contribution in [0, 0.1) is 0 Å². The molecule has 10 nitrogen and oxygen atoms in total. The molecule has 0 N–H and O–H groups in total. The standard InChI is InChI=1S/C16H12N6O4/c23-15(25-21-13-7-3-1-5-11(13)17-19-21)9-10-16(24)26-22-14-8-4-2-6-12(14)18-20-22/h1-8H,9-10H2. The van der Waals surface area contributed by atoms with Crippen LogP contribution < -0.4 is 9.68 Å². The van der Waals surface area contributed by atoms with Crippen molar-refractivity contribution in [2.45, 2.75) is 12.8 Å². The van der Waals surface area contributed by atoms with Crippen LogP contribution in [-0.2, 0) is 9.59 Å². The molecule has 2 heterocycles. The van der Waals surface area contributed by atoms with Crippen molar-refractivity contribution in [1.82, 2.24) is 30.3 Å². The van der Waals surface area contributed by atoms with Crippen molar-refractivity contribution in [1.29, 1.82) is 0 Å². The Morgan fingerprint density at radius 1 is 0.731 bits per heavy atom. The molecule has 130 valence electrons. The topological polar surface area (TPSA) is 114 Å². The van der Waals surface area contributed by atoms with Gasteiger partial charge in [-0.3, -0.25) is 0 Å². The van der Waals surface area contributed by atoms with Gasteiger partial charge in [0.1, 0.15) is 22.1 Å². The molecule has 0 atom stereocenters. The number of hydrogen-bond acceptors (Lipinski definition) is 8. The smallest absolute Gasteiger partial charge is 0.317 e. The van der Waals surface area contributed by atoms with E-state index in [4.69, 9.17) is 9.68 Å². The number of para-hydroxylation sites is 2. The minimum atomic E-state index is -0.638. The number of carbonyl (C=O) groups excluding carboxylic acids is 2. The molecule has 0 saturated carbocycles. The van der Waals surface area contributed by atoms with Crippen LogP contribution in [-0.4, -0.2) is 42.3 Å². The quantitative estimate of drug-likeness (QED) is 0.479. The third-order valence-corrected chi connectivity index (χ3v) is 3.55. The van der Waals surface area contributed by atoms with Crippen LogP contribution in [0.2, 0.25) is 0 Å². The lowest BCUT2D eigenvalue weighted by Crippen LogP contribution is -2.25. The van der Waals surface area contributed by atoms with Gasteiger partial charge in [-0.05, 0) is 34.7 Å². The molecule has 0 aliphatic heterocycles. The predicted octanol–water partition coefficient (Wildman–Crippen LogP) is 0.567. The van der Waals surface area contributed by atoms with Gasteiger partial charge in [0.2, 0.25) is 0 Å². The Morgan fingerprint density at radius 2 is 1.15 bits per heavy atom. The first-order valence-corrected chi connectivity index (χ1v) is 7.74. The maximum absolute atomic E-state index is 11.9. The lowest BCUT2D eigenvalue weighted by molar-refractivity contribution is -0.152. The summed E-state index contributed by atoms with van der Waals surface area (Å²) in [5, 5.41) is 15.2. The van der Waals surface area contributed by atoms with Crippen molar-refractivity contribution < 1.29 is 19.3 Å². The first-order chi connectivity index (χ1) is 12.7. The van der Waals surface area contributed by atoms with Gasteiger partial charge in [-0.1, -0.05) is 34.0 Å². The fourth-order valence-electron chi connectivity index (χ4n) is 2.32. The Hall–Kier alpha value is -3.82. The molecule has 10 heteroatoms. The summed E-state index contributed by atoms with van der Waals surface area (Å²) in [4.78, 5) is 36.1. The summed E-state index contributed by atoms with van der Waals surface area (Å²) in [5.74, 6) is -1.28. The van der Waals surface area contributed by atoms with Crippen LogP contribution in [0.25, 0.3) is 22.1 Å². The predicted molar refractivity (Wildman–Crippen MR) is 87.5 cm³/mol. The molecule has 0 radical (unpaired) electrons. The Labute approximate surface area is 145 Å². The van der Waals surface area contributed by atoms with Gasteiger partial charge in [0.05, 0.1) is 12.8 Å². The number of fused-ring (bicyclic) bond motifs is 2. The van der Waals surface area contributed by atoms with Crippen LogP contribution in [0.4, 0.5) is 0 Å². The zero-order chi connectivity index (χ0) is 17.9. The zero-order valence-corrected chi connectivity index (χ0v) is 13.3. The van der Waals surface area contributed by atoms with Gasteiger partial charge in [-0.2, -0.15) is 0 Å². The number of hydrogen-bond donors (Lipinski definition) is 0. The summed E-state index contributed by atoms with van der Waals surface area (Å²) < 4.78 is 0. The third-order valence-electron chi connectivity index (χ3n) is 3.55. The molecule has 0 aliphatic carbocycles. The number of rotatable bonds is 5. The molecule has 26 heavy (non-hydrogen) atoms. The number of nitrogens with zero attached hydrogens (tertiary/aromatic N) is 6. The van der Waals surface area contributed by atoms with Gasteiger partial charge in [0.15, 0.2) is 0 Å². The van der Waals surface area contributed by atoms with Gasteiger partial charge >= 0.3 is 11.9 Å². The van der Waals surface area contributed by atoms with Crippen LogP contribution in [0.3, 0.4) is 0 Å². The van der Waals surface area contributed by atoms with Gasteiger partial charge in [-0.25, -0.2) is 9.59 Å². The van der Waals surface area contributed by atoms with E-state index in [0.29, 0.717) is 22.1 Å². The van der Waals surface area contributed by atoms with Crippen LogP contribution in [0.5, 0.6) is 0 Å². The maximum Gasteiger partial charge on any atom is 0.335 e. The lowest BCUT2D eigenvalue weighted by Gasteiger charge is -2.04. The van der Waals surface area contributed by atoms with Crippen LogP contribution in [0.15, 0.2) is 48.5 Å². The van der Waals surface area contributed by atoms with E-state index in [1.165, 1.54) is 0 Å². The maximum atomic E-state index is 11.9. The van der Waals surface area contributed by atoms with E-state index in [1.807, 2.05) is 0 Å². The van der Waals surface area contributed by atoms with E-state index >= 15 is 0 Å². The summed E-state index contributed by atoms with van der Waals surface area (Å²) in [7, 11) is 0. The summed E-state index contributed by atoms with van der Waals surface area (Å²) in [5.41, 5.74) is 2.30. The summed E-state index contributed by atoms with van der Waals surface area (Å²) in [6.07, 6.45) is -0.362. The van der Waals surface area contributed by atoms with Crippen LogP contribution in [0.1, 0.15) is 12.8 Å². The molecule has 0 saturated heterocycles. The van der Waals surface area contributed by atoms with E-state index in [9.17, 15) is 9.59 Å². The molecule has 0 unspecified atom stereocenters. The minimum Gasteiger partial charge on any atom is -0.317 e. The highest BCUT2D eigenvalue weighted by Crippen LogP contribution is 2.09. The van der Waals surface area contributed by atoms with Gasteiger partial charge < -0.3 is 9.68 Å². The first kappa shape index (κ1) is 15.7. The van der Waals surface area contributed by atoms with Crippen molar-refractivity contribution in [2.75, 3.05) is 0 Å². The first-order valence-electron chi connectivity index (χ1n) is 7.74. The third kappa shape index (κ3) is 3.07. The Bertz CT molecular complexity index is 1010. The summed E-state index contributed by atoms with van der Waals surface area (Å²) in [6.45, 7) is 0. The minimum absolute atomic E-state index is 0.181. The van der Waals surface area contributed by atoms with Crippen molar-refractivity contribution in [3.63, 3.8) is 0 Å². The van der Waals surface area contributed by atoms with Crippen LogP contribution >= 0.6 is 0 Å². The highest BCUT2D eigenvalue weighted by Gasteiger charge is 2.15. The monoisotopic (exact) mass is 352 g/mol. The Balaban J connectivity index is 1.34. The number of benzene rings is 2. The SMILES string of the molecule is O=C(CCC(=O)On1nnc2ccccc21)On1nnc2ccccc21. The highest BCUT2D eigenvalue weighted by atomic mass is 16.7. The van der Waals surface area contributed by atoms with E-state index in [-0.39, 0.29) is 12.8 Å². The Morgan fingerprint density at radius 3 is 1.62 bits per heavy atom. The van der Waals surface area contributed by atoms with E-state index < -0.39 is 11.9 Å². The largest absolute Gasteiger partial charge is 0.335 e. The Kier molecular flexibility index (Phi) is 3.98. The van der Waals surface area contributed by atoms with Crippen molar-refractivity contribution in [3.05, 3.63) is 48.5 Å². The average Bonchev–Trinajstić information content (AvgIpc) is 3.25. The highest BCUT2D eigenvalue weighted by molar-refractivity contribution is 5.80. The molecule has 0 spiro atoms. The van der Waals surface area contributed by atoms with E-state index in [2.05, 4.69) is 20.6 Å². The molecule has 2 aromatic carbocycles. The number of aromatic nitrogens is 6. The molecular weight excluding hydrogens is 340 g/mol. The molecule has 0 fully saturated rings. The van der Waals surface area contributed by atoms with Crippen molar-refractivity contribution in [3.8, 4) is 0 Å². The van der Waals surface area contributed by atoms with E-state index in [0.717, 1.165) is 9.69 Å². The second-order valence-corrected chi connectivity index (χ2v) is 5.33. The van der Waals surface area contributed by atoms with Gasteiger partial charge in [0, 0.05) is 0 Å². The van der Waals surface area contributed by atoms with Crippen molar-refractivity contribution >= 4 is 34.0 Å². The molecule has 0 aliphatic rings. The molecule has 0 bridgehead atoms. The lowest BCUT2D eigenvalue weighted by atomic mass is 10.3.